The van der Waals surface area contributed by atoms with Crippen LogP contribution in [-0.2, 0) is 44.4 Å². The van der Waals surface area contributed by atoms with Crippen LogP contribution in [0.3, 0.4) is 0 Å². The van der Waals surface area contributed by atoms with E-state index in [1.807, 2.05) is 0 Å². The predicted molar refractivity (Wildman–Crippen MR) is 66.9 cm³/mol. The van der Waals surface area contributed by atoms with E-state index in [0.29, 0.717) is 5.56 Å². The number of esters is 2. The lowest BCUT2D eigenvalue weighted by molar-refractivity contribution is -0.162. The molecule has 0 amide bonds. The molecule has 0 aliphatic carbocycles. The SMILES string of the molecule is COC(=O)[C@@H]1OS(=O)(=O)O[C@H]1C(=O)OCc1ccccc1. The Bertz CT molecular complexity index is 624. The first-order valence-corrected chi connectivity index (χ1v) is 7.16. The Hall–Kier alpha value is -1.97. The first-order valence-electron chi connectivity index (χ1n) is 5.83. The van der Waals surface area contributed by atoms with Gasteiger partial charge < -0.3 is 9.47 Å². The van der Waals surface area contributed by atoms with Crippen molar-refractivity contribution in [3.05, 3.63) is 35.9 Å². The Kier molecular flexibility index (Phi) is 4.56. The second-order valence-corrected chi connectivity index (χ2v) is 5.26. The van der Waals surface area contributed by atoms with Gasteiger partial charge in [0.1, 0.15) is 6.61 Å². The summed E-state index contributed by atoms with van der Waals surface area (Å²) in [6.45, 7) is -0.0898. The standard InChI is InChI=1S/C12H12O8S/c1-17-11(13)9-10(20-21(15,16)19-9)12(14)18-7-8-5-3-2-4-6-8/h2-6,9-10H,7H2,1H3/t9-,10-/m1/s1. The van der Waals surface area contributed by atoms with Gasteiger partial charge >= 0.3 is 22.3 Å². The second kappa shape index (κ2) is 6.20. The maximum atomic E-state index is 11.8. The molecule has 1 aliphatic rings. The van der Waals surface area contributed by atoms with E-state index in [1.54, 1.807) is 30.3 Å². The third-order valence-corrected chi connectivity index (χ3v) is 3.49. The molecule has 0 saturated carbocycles. The van der Waals surface area contributed by atoms with Crippen molar-refractivity contribution in [2.75, 3.05) is 7.11 Å². The van der Waals surface area contributed by atoms with Crippen molar-refractivity contribution in [1.82, 2.24) is 0 Å². The van der Waals surface area contributed by atoms with Gasteiger partial charge in [0.15, 0.2) is 0 Å². The number of hydrogen-bond acceptors (Lipinski definition) is 8. The third kappa shape index (κ3) is 3.78. The molecule has 1 heterocycles. The number of benzene rings is 1. The van der Waals surface area contributed by atoms with E-state index in [4.69, 9.17) is 4.74 Å². The monoisotopic (exact) mass is 316 g/mol. The van der Waals surface area contributed by atoms with Crippen molar-refractivity contribution < 1.29 is 35.8 Å². The minimum atomic E-state index is -4.43. The molecule has 1 fully saturated rings. The lowest BCUT2D eigenvalue weighted by atomic mass is 10.2. The fourth-order valence-corrected chi connectivity index (χ4v) is 2.54. The summed E-state index contributed by atoms with van der Waals surface area (Å²) in [4.78, 5) is 23.2. The highest BCUT2D eigenvalue weighted by atomic mass is 32.3. The number of carbonyl (C=O) groups is 2. The molecule has 1 aromatic carbocycles. The zero-order valence-electron chi connectivity index (χ0n) is 10.9. The van der Waals surface area contributed by atoms with E-state index in [2.05, 4.69) is 13.1 Å². The van der Waals surface area contributed by atoms with Gasteiger partial charge in [0.25, 0.3) is 0 Å². The molecule has 0 aromatic heterocycles. The Labute approximate surface area is 120 Å². The molecular formula is C12H12O8S. The fraction of sp³-hybridized carbons (Fsp3) is 0.333. The zero-order valence-corrected chi connectivity index (χ0v) is 11.7. The summed E-state index contributed by atoms with van der Waals surface area (Å²) in [7, 11) is -3.40. The van der Waals surface area contributed by atoms with Crippen LogP contribution in [0.25, 0.3) is 0 Å². The predicted octanol–water partition coefficient (Wildman–Crippen LogP) is -0.0684. The second-order valence-electron chi connectivity index (χ2n) is 4.06. The molecule has 9 heteroatoms. The largest absolute Gasteiger partial charge is 0.467 e. The minimum absolute atomic E-state index is 0.0898. The van der Waals surface area contributed by atoms with Gasteiger partial charge in [-0.15, -0.1) is 0 Å². The van der Waals surface area contributed by atoms with Gasteiger partial charge in [-0.25, -0.2) is 18.0 Å². The summed E-state index contributed by atoms with van der Waals surface area (Å²) >= 11 is 0. The van der Waals surface area contributed by atoms with E-state index < -0.39 is 34.5 Å². The summed E-state index contributed by atoms with van der Waals surface area (Å²) < 4.78 is 40.4. The maximum Gasteiger partial charge on any atom is 0.401 e. The Balaban J connectivity index is 2.04. The Morgan fingerprint density at radius 3 is 2.24 bits per heavy atom. The highest BCUT2D eigenvalue weighted by molar-refractivity contribution is 7.82. The lowest BCUT2D eigenvalue weighted by Gasteiger charge is -2.12. The van der Waals surface area contributed by atoms with Gasteiger partial charge in [-0.05, 0) is 5.56 Å². The van der Waals surface area contributed by atoms with Crippen LogP contribution in [0.4, 0.5) is 0 Å². The Morgan fingerprint density at radius 2 is 1.67 bits per heavy atom. The highest BCUT2D eigenvalue weighted by Crippen LogP contribution is 2.23. The molecular weight excluding hydrogens is 304 g/mol. The zero-order chi connectivity index (χ0) is 15.5. The smallest absolute Gasteiger partial charge is 0.401 e. The molecule has 1 saturated heterocycles. The van der Waals surface area contributed by atoms with Crippen LogP contribution in [-0.4, -0.2) is 39.7 Å². The van der Waals surface area contributed by atoms with Crippen molar-refractivity contribution in [2.24, 2.45) is 0 Å². The Morgan fingerprint density at radius 1 is 1.10 bits per heavy atom. The van der Waals surface area contributed by atoms with Crippen LogP contribution in [0.1, 0.15) is 5.56 Å². The van der Waals surface area contributed by atoms with Gasteiger partial charge in [0.2, 0.25) is 12.2 Å². The van der Waals surface area contributed by atoms with Crippen LogP contribution in [0.15, 0.2) is 30.3 Å². The normalized spacial score (nSPS) is 23.5. The van der Waals surface area contributed by atoms with Gasteiger partial charge in [-0.2, -0.15) is 8.42 Å². The summed E-state index contributed by atoms with van der Waals surface area (Å²) in [5.74, 6) is -2.08. The molecule has 0 N–H and O–H groups in total. The molecule has 2 atom stereocenters. The molecule has 1 aliphatic heterocycles. The highest BCUT2D eigenvalue weighted by Gasteiger charge is 2.50. The fourth-order valence-electron chi connectivity index (χ4n) is 1.63. The molecule has 2 rings (SSSR count). The molecule has 0 unspecified atom stereocenters. The number of ether oxygens (including phenoxy) is 2. The molecule has 21 heavy (non-hydrogen) atoms. The number of hydrogen-bond donors (Lipinski definition) is 0. The van der Waals surface area contributed by atoms with Crippen molar-refractivity contribution in [1.29, 1.82) is 0 Å². The van der Waals surface area contributed by atoms with Crippen LogP contribution in [0, 0.1) is 0 Å². The topological polar surface area (TPSA) is 105 Å². The van der Waals surface area contributed by atoms with E-state index in [0.717, 1.165) is 7.11 Å². The van der Waals surface area contributed by atoms with Gasteiger partial charge in [0, 0.05) is 0 Å². The molecule has 1 aromatic rings. The van der Waals surface area contributed by atoms with Crippen molar-refractivity contribution in [3.8, 4) is 0 Å². The summed E-state index contributed by atoms with van der Waals surface area (Å²) in [5.41, 5.74) is 0.697. The van der Waals surface area contributed by atoms with Gasteiger partial charge in [-0.3, -0.25) is 0 Å². The maximum absolute atomic E-state index is 11.8. The number of carbonyl (C=O) groups excluding carboxylic acids is 2. The quantitative estimate of drug-likeness (QED) is 0.711. The van der Waals surface area contributed by atoms with Crippen molar-refractivity contribution in [3.63, 3.8) is 0 Å². The lowest BCUT2D eigenvalue weighted by Crippen LogP contribution is -2.39. The average molecular weight is 316 g/mol. The van der Waals surface area contributed by atoms with E-state index >= 15 is 0 Å². The molecule has 114 valence electrons. The summed E-state index contributed by atoms with van der Waals surface area (Å²) in [6, 6.07) is 8.72. The van der Waals surface area contributed by atoms with E-state index in [-0.39, 0.29) is 6.61 Å². The average Bonchev–Trinajstić information content (AvgIpc) is 2.81. The first-order chi connectivity index (χ1) is 9.93. The van der Waals surface area contributed by atoms with Crippen LogP contribution in [0.5, 0.6) is 0 Å². The minimum Gasteiger partial charge on any atom is -0.467 e. The molecule has 0 spiro atoms. The van der Waals surface area contributed by atoms with Gasteiger partial charge in [-0.1, -0.05) is 30.3 Å². The van der Waals surface area contributed by atoms with Crippen LogP contribution >= 0.6 is 0 Å². The van der Waals surface area contributed by atoms with Crippen molar-refractivity contribution >= 4 is 22.3 Å². The molecule has 0 radical (unpaired) electrons. The van der Waals surface area contributed by atoms with E-state index in [9.17, 15) is 18.0 Å². The third-order valence-electron chi connectivity index (χ3n) is 2.61. The van der Waals surface area contributed by atoms with Crippen LogP contribution < -0.4 is 0 Å². The van der Waals surface area contributed by atoms with Crippen LogP contribution in [0.2, 0.25) is 0 Å². The number of rotatable bonds is 4. The van der Waals surface area contributed by atoms with Gasteiger partial charge in [0.05, 0.1) is 7.11 Å². The van der Waals surface area contributed by atoms with Crippen molar-refractivity contribution in [2.45, 2.75) is 18.8 Å². The summed E-state index contributed by atoms with van der Waals surface area (Å²) in [6.07, 6.45) is -3.42. The van der Waals surface area contributed by atoms with E-state index in [1.165, 1.54) is 0 Å². The number of methoxy groups -OCH3 is 1. The molecule has 0 bridgehead atoms. The summed E-state index contributed by atoms with van der Waals surface area (Å²) in [5, 5.41) is 0. The molecule has 8 nitrogen and oxygen atoms in total. The first kappa shape index (κ1) is 15.4.